The van der Waals surface area contributed by atoms with Crippen molar-refractivity contribution in [2.24, 2.45) is 0 Å². The summed E-state index contributed by atoms with van der Waals surface area (Å²) in [7, 11) is 0. The monoisotopic (exact) mass is 343 g/mol. The number of benzene rings is 3. The van der Waals surface area contributed by atoms with Crippen LogP contribution in [-0.2, 0) is 19.4 Å². The van der Waals surface area contributed by atoms with Gasteiger partial charge in [-0.3, -0.25) is 4.90 Å². The van der Waals surface area contributed by atoms with Crippen molar-refractivity contribution in [1.82, 2.24) is 4.90 Å². The van der Waals surface area contributed by atoms with Crippen molar-refractivity contribution in [3.63, 3.8) is 0 Å². The van der Waals surface area contributed by atoms with Crippen molar-refractivity contribution in [3.8, 4) is 0 Å². The summed E-state index contributed by atoms with van der Waals surface area (Å²) in [5.41, 5.74) is 4.25. The summed E-state index contributed by atoms with van der Waals surface area (Å²) < 4.78 is 0. The molecule has 0 unspecified atom stereocenters. The Hall–Kier alpha value is -2.38. The minimum atomic E-state index is 0.522. The van der Waals surface area contributed by atoms with Gasteiger partial charge in [-0.05, 0) is 49.4 Å². The zero-order chi connectivity index (χ0) is 18.0. The lowest BCUT2D eigenvalue weighted by atomic mass is 10.0. The van der Waals surface area contributed by atoms with Crippen LogP contribution >= 0.6 is 0 Å². The van der Waals surface area contributed by atoms with Crippen molar-refractivity contribution in [2.75, 3.05) is 6.54 Å². The second-order valence-corrected chi connectivity index (χ2v) is 7.08. The standard InChI is InChI=1S/C25H29N/c1-22(20-24-14-7-3-8-15-24)26(21-25-16-9-4-10-17-25)19-11-18-23-12-5-2-6-13-23/h2-10,12-17,22H,11,18-21H2,1H3/t22-/m1/s1. The van der Waals surface area contributed by atoms with Crippen molar-refractivity contribution in [3.05, 3.63) is 108 Å². The average molecular weight is 344 g/mol. The Bertz CT molecular complexity index is 737. The molecule has 1 atom stereocenters. The van der Waals surface area contributed by atoms with E-state index in [4.69, 9.17) is 0 Å². The van der Waals surface area contributed by atoms with Gasteiger partial charge in [0.15, 0.2) is 0 Å². The Morgan fingerprint density at radius 3 is 1.73 bits per heavy atom. The first-order valence-corrected chi connectivity index (χ1v) is 9.67. The van der Waals surface area contributed by atoms with Gasteiger partial charge in [-0.25, -0.2) is 0 Å². The van der Waals surface area contributed by atoms with Gasteiger partial charge in [0, 0.05) is 12.6 Å². The molecular formula is C25H29N. The number of nitrogens with zero attached hydrogens (tertiary/aromatic N) is 1. The molecule has 0 bridgehead atoms. The van der Waals surface area contributed by atoms with Gasteiger partial charge in [-0.2, -0.15) is 0 Å². The molecule has 134 valence electrons. The summed E-state index contributed by atoms with van der Waals surface area (Å²) >= 11 is 0. The fraction of sp³-hybridized carbons (Fsp3) is 0.280. The van der Waals surface area contributed by atoms with Crippen LogP contribution in [0, 0.1) is 0 Å². The van der Waals surface area contributed by atoms with Crippen LogP contribution in [0.2, 0.25) is 0 Å². The van der Waals surface area contributed by atoms with Crippen LogP contribution in [0.3, 0.4) is 0 Å². The molecule has 0 spiro atoms. The average Bonchev–Trinajstić information content (AvgIpc) is 2.69. The van der Waals surface area contributed by atoms with Gasteiger partial charge in [-0.15, -0.1) is 0 Å². The molecule has 0 fully saturated rings. The van der Waals surface area contributed by atoms with Gasteiger partial charge in [-0.1, -0.05) is 91.0 Å². The first-order chi connectivity index (χ1) is 12.8. The van der Waals surface area contributed by atoms with Gasteiger partial charge in [0.1, 0.15) is 0 Å². The summed E-state index contributed by atoms with van der Waals surface area (Å²) in [4.78, 5) is 2.63. The minimum absolute atomic E-state index is 0.522. The summed E-state index contributed by atoms with van der Waals surface area (Å²) in [6, 6.07) is 33.0. The quantitative estimate of drug-likeness (QED) is 0.478. The smallest absolute Gasteiger partial charge is 0.0236 e. The van der Waals surface area contributed by atoms with Crippen LogP contribution in [-0.4, -0.2) is 17.5 Å². The zero-order valence-corrected chi connectivity index (χ0v) is 15.7. The molecule has 0 aliphatic rings. The van der Waals surface area contributed by atoms with Crippen molar-refractivity contribution in [1.29, 1.82) is 0 Å². The highest BCUT2D eigenvalue weighted by Gasteiger charge is 2.14. The van der Waals surface area contributed by atoms with Gasteiger partial charge in [0.2, 0.25) is 0 Å². The third-order valence-corrected chi connectivity index (χ3v) is 4.98. The lowest BCUT2D eigenvalue weighted by molar-refractivity contribution is 0.196. The Kier molecular flexibility index (Phi) is 7.04. The van der Waals surface area contributed by atoms with E-state index >= 15 is 0 Å². The summed E-state index contributed by atoms with van der Waals surface area (Å²) in [6.45, 7) is 4.50. The highest BCUT2D eigenvalue weighted by Crippen LogP contribution is 2.14. The molecule has 1 heteroatoms. The van der Waals surface area contributed by atoms with E-state index in [0.717, 1.165) is 25.9 Å². The van der Waals surface area contributed by atoms with E-state index in [9.17, 15) is 0 Å². The Balaban J connectivity index is 1.62. The molecule has 0 heterocycles. The molecular weight excluding hydrogens is 314 g/mol. The number of aryl methyl sites for hydroxylation is 1. The van der Waals surface area contributed by atoms with E-state index in [1.165, 1.54) is 23.1 Å². The fourth-order valence-corrected chi connectivity index (χ4v) is 3.49. The maximum atomic E-state index is 2.63. The molecule has 0 radical (unpaired) electrons. The van der Waals surface area contributed by atoms with Crippen LogP contribution in [0.1, 0.15) is 30.0 Å². The van der Waals surface area contributed by atoms with Crippen molar-refractivity contribution < 1.29 is 0 Å². The molecule has 0 aliphatic heterocycles. The van der Waals surface area contributed by atoms with Crippen LogP contribution in [0.5, 0.6) is 0 Å². The van der Waals surface area contributed by atoms with Crippen LogP contribution in [0.4, 0.5) is 0 Å². The van der Waals surface area contributed by atoms with E-state index in [1.807, 2.05) is 0 Å². The lowest BCUT2D eigenvalue weighted by Gasteiger charge is -2.29. The predicted molar refractivity (Wildman–Crippen MR) is 111 cm³/mol. The zero-order valence-electron chi connectivity index (χ0n) is 15.7. The Labute approximate surface area is 158 Å². The second-order valence-electron chi connectivity index (χ2n) is 7.08. The summed E-state index contributed by atoms with van der Waals surface area (Å²) in [5, 5.41) is 0. The number of hydrogen-bond donors (Lipinski definition) is 0. The van der Waals surface area contributed by atoms with Gasteiger partial charge >= 0.3 is 0 Å². The first-order valence-electron chi connectivity index (χ1n) is 9.67. The molecule has 26 heavy (non-hydrogen) atoms. The van der Waals surface area contributed by atoms with E-state index in [2.05, 4.69) is 103 Å². The third kappa shape index (κ3) is 5.86. The maximum absolute atomic E-state index is 2.63. The molecule has 0 amide bonds. The molecule has 0 aliphatic carbocycles. The van der Waals surface area contributed by atoms with Crippen molar-refractivity contribution in [2.45, 2.75) is 38.8 Å². The molecule has 0 saturated heterocycles. The van der Waals surface area contributed by atoms with Crippen LogP contribution < -0.4 is 0 Å². The Morgan fingerprint density at radius 1 is 0.654 bits per heavy atom. The number of rotatable bonds is 9. The number of hydrogen-bond acceptors (Lipinski definition) is 1. The van der Waals surface area contributed by atoms with Crippen LogP contribution in [0.15, 0.2) is 91.0 Å². The molecule has 0 saturated carbocycles. The maximum Gasteiger partial charge on any atom is 0.0236 e. The van der Waals surface area contributed by atoms with E-state index in [0.29, 0.717) is 6.04 Å². The molecule has 3 rings (SSSR count). The first kappa shape index (κ1) is 18.4. The molecule has 0 aromatic heterocycles. The predicted octanol–water partition coefficient (Wildman–Crippen LogP) is 5.75. The van der Waals surface area contributed by atoms with E-state index < -0.39 is 0 Å². The lowest BCUT2D eigenvalue weighted by Crippen LogP contribution is -2.35. The van der Waals surface area contributed by atoms with E-state index in [1.54, 1.807) is 0 Å². The largest absolute Gasteiger partial charge is 0.296 e. The minimum Gasteiger partial charge on any atom is -0.296 e. The summed E-state index contributed by atoms with van der Waals surface area (Å²) in [5.74, 6) is 0. The molecule has 3 aromatic rings. The second kappa shape index (κ2) is 9.94. The SMILES string of the molecule is C[C@H](Cc1ccccc1)N(CCCc1ccccc1)Cc1ccccc1. The summed E-state index contributed by atoms with van der Waals surface area (Å²) in [6.07, 6.45) is 3.43. The van der Waals surface area contributed by atoms with E-state index in [-0.39, 0.29) is 0 Å². The normalized spacial score (nSPS) is 12.2. The highest BCUT2D eigenvalue weighted by molar-refractivity contribution is 5.18. The fourth-order valence-electron chi connectivity index (χ4n) is 3.49. The molecule has 3 aromatic carbocycles. The Morgan fingerprint density at radius 2 is 1.15 bits per heavy atom. The third-order valence-electron chi connectivity index (χ3n) is 4.98. The van der Waals surface area contributed by atoms with Gasteiger partial charge in [0.25, 0.3) is 0 Å². The van der Waals surface area contributed by atoms with Crippen molar-refractivity contribution >= 4 is 0 Å². The van der Waals surface area contributed by atoms with Gasteiger partial charge < -0.3 is 0 Å². The highest BCUT2D eigenvalue weighted by atomic mass is 15.1. The van der Waals surface area contributed by atoms with Gasteiger partial charge in [0.05, 0.1) is 0 Å². The molecule has 1 nitrogen and oxygen atoms in total. The van der Waals surface area contributed by atoms with Crippen LogP contribution in [0.25, 0.3) is 0 Å². The molecule has 0 N–H and O–H groups in total. The topological polar surface area (TPSA) is 3.24 Å².